The molecule has 0 aliphatic carbocycles. The number of carbonyl (C=O) groups excluding carboxylic acids is 1. The average Bonchev–Trinajstić information content (AvgIpc) is 1.95. The number of hydrogen-bond acceptors (Lipinski definition) is 2. The molecule has 0 aliphatic heterocycles. The van der Waals surface area contributed by atoms with Crippen LogP contribution in [0, 0.1) is 5.41 Å². The third-order valence-electron chi connectivity index (χ3n) is 1.39. The molecule has 0 spiro atoms. The van der Waals surface area contributed by atoms with Crippen molar-refractivity contribution in [3.05, 3.63) is 9.66 Å². The Morgan fingerprint density at radius 2 is 2.00 bits per heavy atom. The molecule has 0 atom stereocenters. The summed E-state index contributed by atoms with van der Waals surface area (Å²) < 4.78 is 6.30. The van der Waals surface area contributed by atoms with E-state index in [0.29, 0.717) is 6.61 Å². The van der Waals surface area contributed by atoms with Crippen molar-refractivity contribution < 1.29 is 9.53 Å². The minimum atomic E-state index is -0.386. The van der Waals surface area contributed by atoms with Gasteiger partial charge in [0, 0.05) is 6.42 Å². The fourth-order valence-electron chi connectivity index (χ4n) is 0.626. The van der Waals surface area contributed by atoms with Gasteiger partial charge in [-0.1, -0.05) is 6.08 Å². The van der Waals surface area contributed by atoms with Gasteiger partial charge in [-0.15, -0.1) is 0 Å². The van der Waals surface area contributed by atoms with Crippen LogP contribution in [0.15, 0.2) is 9.66 Å². The molecule has 0 radical (unpaired) electrons. The summed E-state index contributed by atoms with van der Waals surface area (Å²) >= 11 is 2.24. The van der Waals surface area contributed by atoms with Crippen LogP contribution in [0.25, 0.3) is 0 Å². The highest BCUT2D eigenvalue weighted by atomic mass is 127. The lowest BCUT2D eigenvalue weighted by atomic mass is 9.97. The fourth-order valence-corrected chi connectivity index (χ4v) is 0.937. The summed E-state index contributed by atoms with van der Waals surface area (Å²) in [6.45, 7) is 8.07. The van der Waals surface area contributed by atoms with Gasteiger partial charge in [-0.25, -0.2) is 0 Å². The second-order valence-electron chi connectivity index (χ2n) is 3.97. The van der Waals surface area contributed by atoms with Gasteiger partial charge in [0.15, 0.2) is 0 Å². The summed E-state index contributed by atoms with van der Waals surface area (Å²) in [6.07, 6.45) is 2.85. The molecule has 2 nitrogen and oxygen atoms in total. The predicted molar refractivity (Wildman–Crippen MR) is 62.8 cm³/mol. The molecule has 0 aliphatic rings. The summed E-state index contributed by atoms with van der Waals surface area (Å²) in [5, 5.41) is 0. The third kappa shape index (κ3) is 7.05. The van der Waals surface area contributed by atoms with Crippen LogP contribution < -0.4 is 0 Å². The maximum absolute atomic E-state index is 11.3. The molecular formula is C10H17IO2. The van der Waals surface area contributed by atoms with Crippen molar-refractivity contribution in [1.82, 2.24) is 0 Å². The molecule has 0 bridgehead atoms. The molecule has 0 aromatic rings. The second kappa shape index (κ2) is 5.62. The second-order valence-corrected chi connectivity index (χ2v) is 5.67. The van der Waals surface area contributed by atoms with E-state index in [1.807, 2.05) is 27.7 Å². The molecule has 0 rings (SSSR count). The van der Waals surface area contributed by atoms with E-state index in [4.69, 9.17) is 4.74 Å². The zero-order chi connectivity index (χ0) is 10.5. The number of hydrogen-bond donors (Lipinski definition) is 0. The Balaban J connectivity index is 3.67. The van der Waals surface area contributed by atoms with E-state index in [9.17, 15) is 4.79 Å². The lowest BCUT2D eigenvalue weighted by Crippen LogP contribution is -2.23. The molecule has 13 heavy (non-hydrogen) atoms. The number of ether oxygens (including phenoxy) is 1. The van der Waals surface area contributed by atoms with Crippen LogP contribution in [0.2, 0.25) is 0 Å². The Morgan fingerprint density at radius 3 is 2.38 bits per heavy atom. The maximum atomic E-state index is 11.3. The number of allylic oxidation sites excluding steroid dienone is 1. The van der Waals surface area contributed by atoms with E-state index in [0.717, 1.165) is 6.42 Å². The molecule has 3 heteroatoms. The van der Waals surface area contributed by atoms with Crippen LogP contribution in [-0.4, -0.2) is 12.6 Å². The molecule has 0 unspecified atom stereocenters. The zero-order valence-electron chi connectivity index (χ0n) is 8.69. The third-order valence-corrected chi connectivity index (χ3v) is 1.83. The Kier molecular flexibility index (Phi) is 5.60. The van der Waals surface area contributed by atoms with Crippen molar-refractivity contribution >= 4 is 28.6 Å². The Labute approximate surface area is 93.9 Å². The topological polar surface area (TPSA) is 26.3 Å². The first-order chi connectivity index (χ1) is 5.84. The lowest BCUT2D eigenvalue weighted by molar-refractivity contribution is -0.152. The normalized spacial score (nSPS) is 12.8. The smallest absolute Gasteiger partial charge is 0.311 e. The van der Waals surface area contributed by atoms with Crippen molar-refractivity contribution in [2.75, 3.05) is 6.61 Å². The summed E-state index contributed by atoms with van der Waals surface area (Å²) in [4.78, 5) is 11.3. The van der Waals surface area contributed by atoms with Gasteiger partial charge in [0.25, 0.3) is 0 Å². The molecule has 0 N–H and O–H groups in total. The van der Waals surface area contributed by atoms with Gasteiger partial charge in [-0.3, -0.25) is 4.79 Å². The lowest BCUT2D eigenvalue weighted by Gasteiger charge is -2.15. The summed E-state index contributed by atoms with van der Waals surface area (Å²) in [5.74, 6) is -0.132. The molecule has 0 saturated heterocycles. The van der Waals surface area contributed by atoms with Gasteiger partial charge in [0.1, 0.15) is 0 Å². The fraction of sp³-hybridized carbons (Fsp3) is 0.700. The molecule has 0 aromatic carbocycles. The van der Waals surface area contributed by atoms with Crippen LogP contribution in [0.5, 0.6) is 0 Å². The number of carbonyl (C=O) groups is 1. The molecule has 0 heterocycles. The molecular weight excluding hydrogens is 279 g/mol. The molecule has 0 aromatic heterocycles. The standard InChI is InChI=1S/C10H17IO2/c1-8(11)6-5-7-13-9(12)10(2,3)4/h6H,5,7H2,1-4H3/b8-6+. The number of rotatable bonds is 3. The number of esters is 1. The van der Waals surface area contributed by atoms with Crippen LogP contribution in [0.3, 0.4) is 0 Å². The molecule has 0 amide bonds. The average molecular weight is 296 g/mol. The highest BCUT2D eigenvalue weighted by Gasteiger charge is 2.22. The highest BCUT2D eigenvalue weighted by Crippen LogP contribution is 2.15. The maximum Gasteiger partial charge on any atom is 0.311 e. The van der Waals surface area contributed by atoms with Crippen LogP contribution in [0.1, 0.15) is 34.1 Å². The van der Waals surface area contributed by atoms with Crippen LogP contribution in [0.4, 0.5) is 0 Å². The SMILES string of the molecule is C/C(I)=C\CCOC(=O)C(C)(C)C. The van der Waals surface area contributed by atoms with Crippen molar-refractivity contribution in [1.29, 1.82) is 0 Å². The van der Waals surface area contributed by atoms with E-state index in [-0.39, 0.29) is 11.4 Å². The van der Waals surface area contributed by atoms with Crippen molar-refractivity contribution in [3.8, 4) is 0 Å². The Morgan fingerprint density at radius 1 is 1.46 bits per heavy atom. The Hall–Kier alpha value is -0.0600. The van der Waals surface area contributed by atoms with E-state index in [1.165, 1.54) is 3.58 Å². The molecule has 76 valence electrons. The number of halogens is 1. The largest absolute Gasteiger partial charge is 0.465 e. The highest BCUT2D eigenvalue weighted by molar-refractivity contribution is 14.1. The van der Waals surface area contributed by atoms with Crippen LogP contribution in [-0.2, 0) is 9.53 Å². The van der Waals surface area contributed by atoms with E-state index in [1.54, 1.807) is 0 Å². The van der Waals surface area contributed by atoms with Gasteiger partial charge in [0.05, 0.1) is 12.0 Å². The Bertz CT molecular complexity index is 197. The van der Waals surface area contributed by atoms with Crippen molar-refractivity contribution in [2.24, 2.45) is 5.41 Å². The van der Waals surface area contributed by atoms with Crippen LogP contribution >= 0.6 is 22.6 Å². The minimum absolute atomic E-state index is 0.132. The van der Waals surface area contributed by atoms with E-state index < -0.39 is 0 Å². The quantitative estimate of drug-likeness (QED) is 0.454. The van der Waals surface area contributed by atoms with Crippen molar-refractivity contribution in [3.63, 3.8) is 0 Å². The van der Waals surface area contributed by atoms with Gasteiger partial charge in [-0.05, 0) is 53.9 Å². The zero-order valence-corrected chi connectivity index (χ0v) is 10.8. The van der Waals surface area contributed by atoms with E-state index in [2.05, 4.69) is 28.7 Å². The summed E-state index contributed by atoms with van der Waals surface area (Å²) in [7, 11) is 0. The first kappa shape index (κ1) is 12.9. The van der Waals surface area contributed by atoms with Gasteiger partial charge >= 0.3 is 5.97 Å². The minimum Gasteiger partial charge on any atom is -0.465 e. The van der Waals surface area contributed by atoms with Gasteiger partial charge in [-0.2, -0.15) is 0 Å². The monoisotopic (exact) mass is 296 g/mol. The first-order valence-corrected chi connectivity index (χ1v) is 5.41. The predicted octanol–water partition coefficient (Wildman–Crippen LogP) is 3.30. The van der Waals surface area contributed by atoms with Crippen molar-refractivity contribution in [2.45, 2.75) is 34.1 Å². The van der Waals surface area contributed by atoms with Gasteiger partial charge < -0.3 is 4.74 Å². The molecule has 0 saturated carbocycles. The van der Waals surface area contributed by atoms with E-state index >= 15 is 0 Å². The first-order valence-electron chi connectivity index (χ1n) is 4.33. The summed E-state index contributed by atoms with van der Waals surface area (Å²) in [5.41, 5.74) is -0.386. The molecule has 0 fully saturated rings. The van der Waals surface area contributed by atoms with Gasteiger partial charge in [0.2, 0.25) is 0 Å². The summed E-state index contributed by atoms with van der Waals surface area (Å²) in [6, 6.07) is 0.